The van der Waals surface area contributed by atoms with E-state index < -0.39 is 5.82 Å². The van der Waals surface area contributed by atoms with Crippen LogP contribution in [-0.4, -0.2) is 18.3 Å². The fourth-order valence-electron chi connectivity index (χ4n) is 0.600. The third-order valence-corrected chi connectivity index (χ3v) is 1.10. The minimum absolute atomic E-state index is 0.363. The standard InChI is InChI=1S/C7H7FN2O/c1-11-10-4-6-2-3-9-5-7(6)8/h2-5H,1H3. The molecular formula is C7H7FN2O. The smallest absolute Gasteiger partial charge is 0.150 e. The van der Waals surface area contributed by atoms with Crippen molar-refractivity contribution in [2.45, 2.75) is 0 Å². The van der Waals surface area contributed by atoms with Crippen molar-refractivity contribution in [2.75, 3.05) is 7.11 Å². The molecule has 1 rings (SSSR count). The first-order valence-corrected chi connectivity index (χ1v) is 3.00. The molecule has 0 bridgehead atoms. The van der Waals surface area contributed by atoms with E-state index in [1.165, 1.54) is 25.6 Å². The van der Waals surface area contributed by atoms with Crippen LogP contribution in [0.1, 0.15) is 5.56 Å². The van der Waals surface area contributed by atoms with E-state index in [4.69, 9.17) is 0 Å². The molecule has 0 N–H and O–H groups in total. The second kappa shape index (κ2) is 3.65. The molecule has 11 heavy (non-hydrogen) atoms. The Hall–Kier alpha value is -1.45. The Bertz CT molecular complexity index is 262. The highest BCUT2D eigenvalue weighted by molar-refractivity contribution is 5.79. The number of pyridine rings is 1. The monoisotopic (exact) mass is 154 g/mol. The molecule has 4 heteroatoms. The molecule has 1 aromatic rings. The van der Waals surface area contributed by atoms with E-state index >= 15 is 0 Å². The molecule has 0 radical (unpaired) electrons. The second-order valence-corrected chi connectivity index (χ2v) is 1.81. The number of nitrogens with zero attached hydrogens (tertiary/aromatic N) is 2. The van der Waals surface area contributed by atoms with Gasteiger partial charge in [-0.15, -0.1) is 0 Å². The van der Waals surface area contributed by atoms with Crippen LogP contribution in [0.15, 0.2) is 23.6 Å². The molecular weight excluding hydrogens is 147 g/mol. The second-order valence-electron chi connectivity index (χ2n) is 1.81. The third-order valence-electron chi connectivity index (χ3n) is 1.10. The lowest BCUT2D eigenvalue weighted by atomic mass is 10.3. The number of oxime groups is 1. The normalized spacial score (nSPS) is 10.4. The van der Waals surface area contributed by atoms with Crippen molar-refractivity contribution < 1.29 is 9.23 Å². The van der Waals surface area contributed by atoms with Gasteiger partial charge in [-0.3, -0.25) is 4.98 Å². The first-order valence-electron chi connectivity index (χ1n) is 3.00. The first-order chi connectivity index (χ1) is 5.34. The van der Waals surface area contributed by atoms with Crippen molar-refractivity contribution in [1.82, 2.24) is 4.98 Å². The number of aromatic nitrogens is 1. The van der Waals surface area contributed by atoms with Crippen LogP contribution in [0.4, 0.5) is 4.39 Å². The Morgan fingerprint density at radius 1 is 1.73 bits per heavy atom. The zero-order chi connectivity index (χ0) is 8.10. The molecule has 0 aliphatic carbocycles. The summed E-state index contributed by atoms with van der Waals surface area (Å²) in [7, 11) is 1.40. The first kappa shape index (κ1) is 7.65. The topological polar surface area (TPSA) is 34.5 Å². The zero-order valence-corrected chi connectivity index (χ0v) is 5.99. The molecule has 3 nitrogen and oxygen atoms in total. The van der Waals surface area contributed by atoms with Crippen molar-refractivity contribution in [3.05, 3.63) is 29.8 Å². The predicted octanol–water partition coefficient (Wildman–Crippen LogP) is 1.20. The Balaban J connectivity index is 2.86. The average molecular weight is 154 g/mol. The molecule has 0 aliphatic rings. The van der Waals surface area contributed by atoms with Crippen molar-refractivity contribution in [1.29, 1.82) is 0 Å². The van der Waals surface area contributed by atoms with Crippen LogP contribution in [0, 0.1) is 5.82 Å². The van der Waals surface area contributed by atoms with E-state index in [1.807, 2.05) is 0 Å². The summed E-state index contributed by atoms with van der Waals surface area (Å²) < 4.78 is 12.7. The van der Waals surface area contributed by atoms with Gasteiger partial charge in [0.15, 0.2) is 0 Å². The molecule has 0 aromatic carbocycles. The van der Waals surface area contributed by atoms with Gasteiger partial charge >= 0.3 is 0 Å². The summed E-state index contributed by atoms with van der Waals surface area (Å²) in [6.07, 6.45) is 3.90. The molecule has 58 valence electrons. The Kier molecular flexibility index (Phi) is 2.54. The van der Waals surface area contributed by atoms with Crippen LogP contribution in [0.25, 0.3) is 0 Å². The molecule has 1 aromatic heterocycles. The SMILES string of the molecule is CON=Cc1ccncc1F. The van der Waals surface area contributed by atoms with Gasteiger partial charge in [-0.2, -0.15) is 0 Å². The molecule has 0 unspecified atom stereocenters. The molecule has 1 heterocycles. The Morgan fingerprint density at radius 3 is 3.18 bits per heavy atom. The van der Waals surface area contributed by atoms with Crippen LogP contribution < -0.4 is 0 Å². The summed E-state index contributed by atoms with van der Waals surface area (Å²) in [5.74, 6) is -0.409. The minimum atomic E-state index is -0.409. The maximum atomic E-state index is 12.7. The highest BCUT2D eigenvalue weighted by atomic mass is 19.1. The summed E-state index contributed by atoms with van der Waals surface area (Å²) in [6, 6.07) is 1.51. The van der Waals surface area contributed by atoms with Gasteiger partial charge in [0, 0.05) is 11.8 Å². The largest absolute Gasteiger partial charge is 0.399 e. The van der Waals surface area contributed by atoms with Crippen LogP contribution >= 0.6 is 0 Å². The average Bonchev–Trinajstić information content (AvgIpc) is 2.03. The lowest BCUT2D eigenvalue weighted by molar-refractivity contribution is 0.215. The van der Waals surface area contributed by atoms with Crippen molar-refractivity contribution in [3.8, 4) is 0 Å². The summed E-state index contributed by atoms with van der Waals surface area (Å²) in [4.78, 5) is 7.96. The summed E-state index contributed by atoms with van der Waals surface area (Å²) in [6.45, 7) is 0. The summed E-state index contributed by atoms with van der Waals surface area (Å²) >= 11 is 0. The Morgan fingerprint density at radius 2 is 2.55 bits per heavy atom. The van der Waals surface area contributed by atoms with E-state index in [-0.39, 0.29) is 0 Å². The van der Waals surface area contributed by atoms with Crippen LogP contribution in [0.2, 0.25) is 0 Å². The van der Waals surface area contributed by atoms with E-state index in [9.17, 15) is 4.39 Å². The van der Waals surface area contributed by atoms with Crippen molar-refractivity contribution in [2.24, 2.45) is 5.16 Å². The molecule has 0 aliphatic heterocycles. The highest BCUT2D eigenvalue weighted by Gasteiger charge is 1.95. The quantitative estimate of drug-likeness (QED) is 0.474. The lowest BCUT2D eigenvalue weighted by Gasteiger charge is -1.92. The minimum Gasteiger partial charge on any atom is -0.399 e. The zero-order valence-electron chi connectivity index (χ0n) is 5.99. The molecule has 0 spiro atoms. The van der Waals surface area contributed by atoms with Gasteiger partial charge in [0.2, 0.25) is 0 Å². The molecule has 0 amide bonds. The highest BCUT2D eigenvalue weighted by Crippen LogP contribution is 2.00. The Labute approximate surface area is 63.5 Å². The molecule has 0 atom stereocenters. The molecule has 0 saturated heterocycles. The van der Waals surface area contributed by atoms with Crippen LogP contribution in [0.3, 0.4) is 0 Å². The molecule has 0 saturated carbocycles. The van der Waals surface area contributed by atoms with Crippen LogP contribution in [0.5, 0.6) is 0 Å². The van der Waals surface area contributed by atoms with E-state index in [2.05, 4.69) is 15.0 Å². The molecule has 0 fully saturated rings. The predicted molar refractivity (Wildman–Crippen MR) is 38.8 cm³/mol. The van der Waals surface area contributed by atoms with Crippen LogP contribution in [-0.2, 0) is 4.84 Å². The number of hydrogen-bond acceptors (Lipinski definition) is 3. The van der Waals surface area contributed by atoms with Crippen molar-refractivity contribution >= 4 is 6.21 Å². The maximum Gasteiger partial charge on any atom is 0.150 e. The van der Waals surface area contributed by atoms with E-state index in [1.54, 1.807) is 0 Å². The van der Waals surface area contributed by atoms with Gasteiger partial charge in [0.25, 0.3) is 0 Å². The number of halogens is 1. The van der Waals surface area contributed by atoms with E-state index in [0.29, 0.717) is 5.56 Å². The fraction of sp³-hybridized carbons (Fsp3) is 0.143. The van der Waals surface area contributed by atoms with Crippen molar-refractivity contribution in [3.63, 3.8) is 0 Å². The van der Waals surface area contributed by atoms with E-state index in [0.717, 1.165) is 6.20 Å². The maximum absolute atomic E-state index is 12.7. The summed E-state index contributed by atoms with van der Waals surface area (Å²) in [5, 5.41) is 3.41. The van der Waals surface area contributed by atoms with Gasteiger partial charge in [-0.25, -0.2) is 4.39 Å². The van der Waals surface area contributed by atoms with Gasteiger partial charge in [-0.1, -0.05) is 5.16 Å². The van der Waals surface area contributed by atoms with Gasteiger partial charge in [-0.05, 0) is 6.07 Å². The fourth-order valence-corrected chi connectivity index (χ4v) is 0.600. The number of rotatable bonds is 2. The van der Waals surface area contributed by atoms with Gasteiger partial charge in [0.05, 0.1) is 12.4 Å². The lowest BCUT2D eigenvalue weighted by Crippen LogP contribution is -1.88. The van der Waals surface area contributed by atoms with Gasteiger partial charge in [0.1, 0.15) is 12.9 Å². The summed E-state index contributed by atoms with van der Waals surface area (Å²) in [5.41, 5.74) is 0.363. The van der Waals surface area contributed by atoms with Gasteiger partial charge < -0.3 is 4.84 Å². The number of hydrogen-bond donors (Lipinski definition) is 0. The third kappa shape index (κ3) is 2.00.